The number of aromatic nitrogens is 2. The van der Waals surface area contributed by atoms with Crippen LogP contribution in [0.1, 0.15) is 22.4 Å². The van der Waals surface area contributed by atoms with Crippen LogP contribution in [0.2, 0.25) is 5.02 Å². The largest absolute Gasteiger partial charge is 0.445 e. The fourth-order valence-corrected chi connectivity index (χ4v) is 3.65. The Balaban J connectivity index is 1.54. The molecule has 1 amide bonds. The van der Waals surface area contributed by atoms with Crippen molar-refractivity contribution in [3.8, 4) is 0 Å². The maximum absolute atomic E-state index is 13.0. The number of nitrogens with one attached hydrogen (secondary N) is 1. The number of carbonyl (C=O) groups excluding carboxylic acids is 1. The molecule has 0 saturated heterocycles. The van der Waals surface area contributed by atoms with Gasteiger partial charge in [-0.15, -0.1) is 0 Å². The molecule has 0 fully saturated rings. The predicted octanol–water partition coefficient (Wildman–Crippen LogP) is 2.93. The van der Waals surface area contributed by atoms with Crippen LogP contribution in [0.15, 0.2) is 64.2 Å². The molecule has 2 heterocycles. The number of halogens is 1. The minimum atomic E-state index is -0.493. The number of rotatable bonds is 4. The number of aromatic amines is 1. The van der Waals surface area contributed by atoms with Crippen molar-refractivity contribution in [1.29, 1.82) is 0 Å². The Morgan fingerprint density at radius 3 is 2.57 bits per heavy atom. The molecule has 0 bridgehead atoms. The van der Waals surface area contributed by atoms with Gasteiger partial charge in [0.25, 0.3) is 5.56 Å². The topological polar surface area (TPSA) is 84.4 Å². The van der Waals surface area contributed by atoms with Crippen molar-refractivity contribution in [2.45, 2.75) is 26.1 Å². The van der Waals surface area contributed by atoms with Crippen LogP contribution in [0.25, 0.3) is 0 Å². The van der Waals surface area contributed by atoms with Crippen LogP contribution >= 0.6 is 11.6 Å². The molecule has 1 aliphatic rings. The zero-order valence-corrected chi connectivity index (χ0v) is 16.9. The van der Waals surface area contributed by atoms with Gasteiger partial charge in [0.2, 0.25) is 0 Å². The lowest BCUT2D eigenvalue weighted by molar-refractivity contribution is 0.0912. The summed E-state index contributed by atoms with van der Waals surface area (Å²) in [5, 5.41) is 0.479. The minimum Gasteiger partial charge on any atom is -0.445 e. The van der Waals surface area contributed by atoms with E-state index in [2.05, 4.69) is 4.98 Å². The van der Waals surface area contributed by atoms with Gasteiger partial charge < -0.3 is 14.6 Å². The summed E-state index contributed by atoms with van der Waals surface area (Å²) >= 11 is 6.18. The minimum absolute atomic E-state index is 0.0551. The summed E-state index contributed by atoms with van der Waals surface area (Å²) in [5.74, 6) is 0. The van der Waals surface area contributed by atoms with Gasteiger partial charge >= 0.3 is 11.8 Å². The van der Waals surface area contributed by atoms with Crippen molar-refractivity contribution in [2.24, 2.45) is 0 Å². The van der Waals surface area contributed by atoms with Crippen molar-refractivity contribution in [3.05, 3.63) is 103 Å². The molecule has 7 nitrogen and oxygen atoms in total. The van der Waals surface area contributed by atoms with E-state index in [0.29, 0.717) is 34.8 Å². The molecular formula is C22H20ClN3O4. The lowest BCUT2D eigenvalue weighted by Crippen LogP contribution is -2.45. The van der Waals surface area contributed by atoms with Gasteiger partial charge in [0, 0.05) is 23.7 Å². The highest BCUT2D eigenvalue weighted by Crippen LogP contribution is 2.17. The van der Waals surface area contributed by atoms with Crippen LogP contribution < -0.4 is 11.2 Å². The first-order valence-electron chi connectivity index (χ1n) is 9.57. The molecule has 0 aliphatic carbocycles. The van der Waals surface area contributed by atoms with E-state index in [1.165, 1.54) is 4.90 Å². The Morgan fingerprint density at radius 2 is 1.80 bits per heavy atom. The maximum atomic E-state index is 13.0. The molecule has 0 saturated carbocycles. The van der Waals surface area contributed by atoms with Crippen molar-refractivity contribution < 1.29 is 9.53 Å². The van der Waals surface area contributed by atoms with E-state index >= 15 is 0 Å². The van der Waals surface area contributed by atoms with Gasteiger partial charge in [-0.25, -0.2) is 9.59 Å². The molecule has 1 aliphatic heterocycles. The highest BCUT2D eigenvalue weighted by molar-refractivity contribution is 6.31. The summed E-state index contributed by atoms with van der Waals surface area (Å²) < 4.78 is 6.49. The van der Waals surface area contributed by atoms with E-state index in [0.717, 1.165) is 10.1 Å². The lowest BCUT2D eigenvalue weighted by atomic mass is 10.1. The zero-order chi connectivity index (χ0) is 21.1. The first-order chi connectivity index (χ1) is 14.5. The van der Waals surface area contributed by atoms with E-state index in [4.69, 9.17) is 16.3 Å². The maximum Gasteiger partial charge on any atom is 0.410 e. The molecule has 0 unspecified atom stereocenters. The van der Waals surface area contributed by atoms with Crippen molar-refractivity contribution >= 4 is 17.7 Å². The van der Waals surface area contributed by atoms with E-state index < -0.39 is 17.3 Å². The molecular weight excluding hydrogens is 406 g/mol. The molecule has 4 rings (SSSR count). The van der Waals surface area contributed by atoms with Crippen LogP contribution in [-0.2, 0) is 30.9 Å². The number of amides is 1. The van der Waals surface area contributed by atoms with Crippen LogP contribution in [-0.4, -0.2) is 27.1 Å². The summed E-state index contributed by atoms with van der Waals surface area (Å²) in [6.07, 6.45) is -0.111. The normalized spacial score (nSPS) is 13.0. The molecule has 30 heavy (non-hydrogen) atoms. The molecule has 0 spiro atoms. The summed E-state index contributed by atoms with van der Waals surface area (Å²) in [5.41, 5.74) is 1.60. The summed E-state index contributed by atoms with van der Waals surface area (Å²) in [4.78, 5) is 42.2. The molecule has 154 valence electrons. The van der Waals surface area contributed by atoms with Crippen LogP contribution in [0.5, 0.6) is 0 Å². The van der Waals surface area contributed by atoms with Crippen molar-refractivity contribution in [2.75, 3.05) is 6.54 Å². The third-order valence-electron chi connectivity index (χ3n) is 5.10. The number of H-pyrrole nitrogens is 1. The molecule has 1 aromatic heterocycles. The number of hydrogen-bond acceptors (Lipinski definition) is 4. The van der Waals surface area contributed by atoms with Gasteiger partial charge in [-0.2, -0.15) is 0 Å². The van der Waals surface area contributed by atoms with E-state index in [-0.39, 0.29) is 19.7 Å². The molecule has 3 aromatic rings. The number of fused-ring (bicyclic) bond motifs is 1. The Kier molecular flexibility index (Phi) is 5.72. The molecule has 8 heteroatoms. The molecule has 2 aromatic carbocycles. The lowest BCUT2D eigenvalue weighted by Gasteiger charge is -2.27. The second-order valence-electron chi connectivity index (χ2n) is 7.08. The van der Waals surface area contributed by atoms with Gasteiger partial charge in [-0.05, 0) is 17.2 Å². The standard InChI is InChI=1S/C22H20ClN3O4/c23-18-9-5-4-8-16(18)12-26-20(27)17-13-25(11-10-19(17)24-21(26)28)22(29)30-14-15-6-2-1-3-7-15/h1-9H,10-14H2,(H,24,28). The number of carbonyl (C=O) groups is 1. The number of hydrogen-bond donors (Lipinski definition) is 1. The van der Waals surface area contributed by atoms with Crippen molar-refractivity contribution in [3.63, 3.8) is 0 Å². The Bertz CT molecular complexity index is 1190. The first kappa shape index (κ1) is 20.0. The summed E-state index contributed by atoms with van der Waals surface area (Å²) in [6, 6.07) is 16.4. The average molecular weight is 426 g/mol. The highest BCUT2D eigenvalue weighted by atomic mass is 35.5. The fourth-order valence-electron chi connectivity index (χ4n) is 3.46. The predicted molar refractivity (Wildman–Crippen MR) is 113 cm³/mol. The van der Waals surface area contributed by atoms with Gasteiger partial charge in [-0.1, -0.05) is 60.1 Å². The van der Waals surface area contributed by atoms with Gasteiger partial charge in [0.1, 0.15) is 6.61 Å². The fraction of sp³-hybridized carbons (Fsp3) is 0.227. The monoisotopic (exact) mass is 425 g/mol. The first-order valence-corrected chi connectivity index (χ1v) is 9.94. The number of nitrogens with zero attached hydrogens (tertiary/aromatic N) is 2. The second-order valence-corrected chi connectivity index (χ2v) is 7.49. The quantitative estimate of drug-likeness (QED) is 0.696. The Labute approximate surface area is 177 Å². The van der Waals surface area contributed by atoms with Crippen molar-refractivity contribution in [1.82, 2.24) is 14.5 Å². The van der Waals surface area contributed by atoms with Gasteiger partial charge in [-0.3, -0.25) is 9.36 Å². The van der Waals surface area contributed by atoms with Crippen LogP contribution in [0.3, 0.4) is 0 Å². The summed E-state index contributed by atoms with van der Waals surface area (Å²) in [6.45, 7) is 0.663. The number of benzene rings is 2. The summed E-state index contributed by atoms with van der Waals surface area (Å²) in [7, 11) is 0. The molecule has 0 radical (unpaired) electrons. The van der Waals surface area contributed by atoms with Gasteiger partial charge in [0.05, 0.1) is 18.7 Å². The SMILES string of the molecule is O=C(OCc1ccccc1)N1CCc2[nH]c(=O)n(Cc3ccccc3Cl)c(=O)c2C1. The van der Waals surface area contributed by atoms with Crippen LogP contribution in [0, 0.1) is 0 Å². The third-order valence-corrected chi connectivity index (χ3v) is 5.47. The Hall–Kier alpha value is -3.32. The van der Waals surface area contributed by atoms with E-state index in [1.807, 2.05) is 30.3 Å². The Morgan fingerprint density at radius 1 is 1.07 bits per heavy atom. The number of ether oxygens (including phenoxy) is 1. The third kappa shape index (κ3) is 4.16. The van der Waals surface area contributed by atoms with E-state index in [1.54, 1.807) is 24.3 Å². The van der Waals surface area contributed by atoms with Gasteiger partial charge in [0.15, 0.2) is 0 Å². The molecule has 0 atom stereocenters. The van der Waals surface area contributed by atoms with Crippen LogP contribution in [0.4, 0.5) is 4.79 Å². The second kappa shape index (κ2) is 8.59. The highest BCUT2D eigenvalue weighted by Gasteiger charge is 2.26. The van der Waals surface area contributed by atoms with E-state index in [9.17, 15) is 14.4 Å². The zero-order valence-electron chi connectivity index (χ0n) is 16.1. The average Bonchev–Trinajstić information content (AvgIpc) is 2.76. The smallest absolute Gasteiger partial charge is 0.410 e. The molecule has 1 N–H and O–H groups in total.